The van der Waals surface area contributed by atoms with Gasteiger partial charge < -0.3 is 10.3 Å². The van der Waals surface area contributed by atoms with E-state index in [1.807, 2.05) is 45.0 Å². The Bertz CT molecular complexity index is 849. The highest BCUT2D eigenvalue weighted by Crippen LogP contribution is 2.20. The number of nitrogens with one attached hydrogen (secondary N) is 2. The first-order valence-corrected chi connectivity index (χ1v) is 8.31. The number of fused-ring (bicyclic) bond motifs is 1. The molecule has 0 aliphatic carbocycles. The highest BCUT2D eigenvalue weighted by molar-refractivity contribution is 6.31. The van der Waals surface area contributed by atoms with E-state index in [1.165, 1.54) is 0 Å². The summed E-state index contributed by atoms with van der Waals surface area (Å²) in [5.74, 6) is 0.642. The quantitative estimate of drug-likeness (QED) is 0.745. The molecule has 0 unspecified atom stereocenters. The van der Waals surface area contributed by atoms with Gasteiger partial charge in [0.15, 0.2) is 0 Å². The van der Waals surface area contributed by atoms with Crippen LogP contribution in [0.1, 0.15) is 36.6 Å². The summed E-state index contributed by atoms with van der Waals surface area (Å²) < 4.78 is 1.62. The molecule has 0 fully saturated rings. The van der Waals surface area contributed by atoms with E-state index in [-0.39, 0.29) is 18.5 Å². The number of benzene rings is 1. The van der Waals surface area contributed by atoms with Crippen molar-refractivity contribution in [3.63, 3.8) is 0 Å². The molecule has 0 aliphatic rings. The number of carbonyl (C=O) groups excluding carboxylic acids is 1. The summed E-state index contributed by atoms with van der Waals surface area (Å²) in [7, 11) is 0. The molecular formula is C17H20ClN5O. The monoisotopic (exact) mass is 345 g/mol. The Balaban J connectivity index is 1.74. The number of aromatic nitrogens is 4. The average Bonchev–Trinajstić information content (AvgIpc) is 3.10. The van der Waals surface area contributed by atoms with Crippen LogP contribution in [-0.4, -0.2) is 25.7 Å². The molecule has 1 aromatic carbocycles. The standard InChI is InChI=1S/C17H20ClN5O/c1-4-12(17-20-13-7-5-6-8-14(13)21-17)19-15(24)9-23-11(3)16(18)10(2)22-23/h5-8,12H,4,9H2,1-3H3,(H,19,24)(H,20,21)/t12-/m0/s1. The lowest BCUT2D eigenvalue weighted by Crippen LogP contribution is -2.32. The summed E-state index contributed by atoms with van der Waals surface area (Å²) in [4.78, 5) is 20.2. The number of amides is 1. The fourth-order valence-corrected chi connectivity index (χ4v) is 2.84. The second kappa shape index (κ2) is 6.65. The van der Waals surface area contributed by atoms with Crippen LogP contribution in [0.15, 0.2) is 24.3 Å². The predicted molar refractivity (Wildman–Crippen MR) is 94.0 cm³/mol. The molecule has 6 nitrogen and oxygen atoms in total. The Morgan fingerprint density at radius 1 is 1.38 bits per heavy atom. The number of hydrogen-bond acceptors (Lipinski definition) is 3. The molecule has 3 rings (SSSR count). The molecule has 3 aromatic rings. The largest absolute Gasteiger partial charge is 0.345 e. The molecule has 24 heavy (non-hydrogen) atoms. The molecule has 1 atom stereocenters. The molecular weight excluding hydrogens is 326 g/mol. The molecule has 0 saturated carbocycles. The molecule has 126 valence electrons. The van der Waals surface area contributed by atoms with E-state index in [0.29, 0.717) is 5.02 Å². The smallest absolute Gasteiger partial charge is 0.242 e. The molecule has 0 bridgehead atoms. The van der Waals surface area contributed by atoms with Crippen LogP contribution in [0.3, 0.4) is 0 Å². The highest BCUT2D eigenvalue weighted by atomic mass is 35.5. The maximum atomic E-state index is 12.4. The lowest BCUT2D eigenvalue weighted by molar-refractivity contribution is -0.122. The number of imidazole rings is 1. The number of aryl methyl sites for hydroxylation is 1. The van der Waals surface area contributed by atoms with Gasteiger partial charge in [-0.05, 0) is 32.4 Å². The minimum absolute atomic E-state index is 0.121. The number of H-pyrrole nitrogens is 1. The van der Waals surface area contributed by atoms with Crippen LogP contribution in [-0.2, 0) is 11.3 Å². The zero-order valence-electron chi connectivity index (χ0n) is 13.9. The first kappa shape index (κ1) is 16.5. The van der Waals surface area contributed by atoms with Gasteiger partial charge >= 0.3 is 0 Å². The minimum Gasteiger partial charge on any atom is -0.345 e. The normalized spacial score (nSPS) is 12.5. The number of aromatic amines is 1. The Morgan fingerprint density at radius 3 is 2.75 bits per heavy atom. The van der Waals surface area contributed by atoms with Gasteiger partial charge in [0.05, 0.1) is 33.5 Å². The molecule has 7 heteroatoms. The van der Waals surface area contributed by atoms with Crippen molar-refractivity contribution in [1.29, 1.82) is 0 Å². The van der Waals surface area contributed by atoms with Crippen molar-refractivity contribution in [3.05, 3.63) is 46.5 Å². The van der Waals surface area contributed by atoms with Crippen LogP contribution in [0.4, 0.5) is 0 Å². The van der Waals surface area contributed by atoms with E-state index < -0.39 is 0 Å². The van der Waals surface area contributed by atoms with Crippen molar-refractivity contribution < 1.29 is 4.79 Å². The molecule has 0 aliphatic heterocycles. The van der Waals surface area contributed by atoms with Gasteiger partial charge in [-0.3, -0.25) is 9.48 Å². The van der Waals surface area contributed by atoms with Gasteiger partial charge in [0, 0.05) is 0 Å². The zero-order valence-corrected chi connectivity index (χ0v) is 14.7. The van der Waals surface area contributed by atoms with Crippen LogP contribution < -0.4 is 5.32 Å². The molecule has 0 radical (unpaired) electrons. The second-order valence-electron chi connectivity index (χ2n) is 5.81. The summed E-state index contributed by atoms with van der Waals surface area (Å²) >= 11 is 6.13. The van der Waals surface area contributed by atoms with Gasteiger partial charge in [-0.25, -0.2) is 4.98 Å². The summed E-state index contributed by atoms with van der Waals surface area (Å²) in [6, 6.07) is 7.65. The summed E-state index contributed by atoms with van der Waals surface area (Å²) in [5.41, 5.74) is 3.38. The Labute approximate surface area is 145 Å². The van der Waals surface area contributed by atoms with Crippen molar-refractivity contribution in [2.24, 2.45) is 0 Å². The third-order valence-electron chi connectivity index (χ3n) is 4.07. The highest BCUT2D eigenvalue weighted by Gasteiger charge is 2.18. The van der Waals surface area contributed by atoms with Crippen molar-refractivity contribution >= 4 is 28.5 Å². The average molecular weight is 346 g/mol. The summed E-state index contributed by atoms with van der Waals surface area (Å²) in [5, 5.41) is 7.91. The Hall–Kier alpha value is -2.34. The van der Waals surface area contributed by atoms with E-state index in [4.69, 9.17) is 11.6 Å². The lowest BCUT2D eigenvalue weighted by atomic mass is 10.2. The number of nitrogens with zero attached hydrogens (tertiary/aromatic N) is 3. The third kappa shape index (κ3) is 3.14. The van der Waals surface area contributed by atoms with Crippen molar-refractivity contribution in [3.8, 4) is 0 Å². The summed E-state index contributed by atoms with van der Waals surface area (Å²) in [6.07, 6.45) is 0.740. The second-order valence-corrected chi connectivity index (χ2v) is 6.19. The molecule has 0 saturated heterocycles. The number of rotatable bonds is 5. The van der Waals surface area contributed by atoms with Crippen molar-refractivity contribution in [1.82, 2.24) is 25.1 Å². The molecule has 2 heterocycles. The zero-order chi connectivity index (χ0) is 17.3. The van der Waals surface area contributed by atoms with Crippen LogP contribution in [0, 0.1) is 13.8 Å². The molecule has 0 spiro atoms. The predicted octanol–water partition coefficient (Wildman–Crippen LogP) is 3.30. The topological polar surface area (TPSA) is 75.6 Å². The third-order valence-corrected chi connectivity index (χ3v) is 4.61. The first-order chi connectivity index (χ1) is 11.5. The Kier molecular flexibility index (Phi) is 4.57. The van der Waals surface area contributed by atoms with E-state index in [0.717, 1.165) is 34.7 Å². The fraction of sp³-hybridized carbons (Fsp3) is 0.353. The number of halogens is 1. The fourth-order valence-electron chi connectivity index (χ4n) is 2.71. The van der Waals surface area contributed by atoms with Gasteiger partial charge in [0.2, 0.25) is 5.91 Å². The van der Waals surface area contributed by atoms with Crippen LogP contribution in [0.5, 0.6) is 0 Å². The number of hydrogen-bond donors (Lipinski definition) is 2. The molecule has 2 N–H and O–H groups in total. The number of carbonyl (C=O) groups is 1. The van der Waals surface area contributed by atoms with Gasteiger partial charge in [-0.2, -0.15) is 5.10 Å². The first-order valence-electron chi connectivity index (χ1n) is 7.93. The Morgan fingerprint density at radius 2 is 2.12 bits per heavy atom. The van der Waals surface area contributed by atoms with Gasteiger partial charge in [-0.1, -0.05) is 30.7 Å². The van der Waals surface area contributed by atoms with Crippen molar-refractivity contribution in [2.75, 3.05) is 0 Å². The van der Waals surface area contributed by atoms with E-state index in [2.05, 4.69) is 20.4 Å². The van der Waals surface area contributed by atoms with E-state index in [1.54, 1.807) is 4.68 Å². The molecule has 1 amide bonds. The van der Waals surface area contributed by atoms with Crippen LogP contribution in [0.25, 0.3) is 11.0 Å². The van der Waals surface area contributed by atoms with Gasteiger partial charge in [0.25, 0.3) is 0 Å². The van der Waals surface area contributed by atoms with Crippen molar-refractivity contribution in [2.45, 2.75) is 39.8 Å². The maximum Gasteiger partial charge on any atom is 0.242 e. The number of para-hydroxylation sites is 2. The van der Waals surface area contributed by atoms with Crippen LogP contribution >= 0.6 is 11.6 Å². The van der Waals surface area contributed by atoms with Gasteiger partial charge in [0.1, 0.15) is 12.4 Å². The summed E-state index contributed by atoms with van der Waals surface area (Å²) in [6.45, 7) is 5.83. The van der Waals surface area contributed by atoms with E-state index in [9.17, 15) is 4.79 Å². The van der Waals surface area contributed by atoms with Gasteiger partial charge in [-0.15, -0.1) is 0 Å². The van der Waals surface area contributed by atoms with E-state index >= 15 is 0 Å². The SMILES string of the molecule is CC[C@H](NC(=O)Cn1nc(C)c(Cl)c1C)c1nc2ccccc2[nH]1. The maximum absolute atomic E-state index is 12.4. The lowest BCUT2D eigenvalue weighted by Gasteiger charge is -2.15. The minimum atomic E-state index is -0.169. The van der Waals surface area contributed by atoms with Crippen LogP contribution in [0.2, 0.25) is 5.02 Å². The molecule has 2 aromatic heterocycles.